The average molecular weight is 283 g/mol. The zero-order valence-corrected chi connectivity index (χ0v) is 13.4. The number of nitrogens with zero attached hydrogens (tertiary/aromatic N) is 1. The predicted octanol–water partition coefficient (Wildman–Crippen LogP) is 3.16. The van der Waals surface area contributed by atoms with Crippen molar-refractivity contribution in [3.8, 4) is 0 Å². The summed E-state index contributed by atoms with van der Waals surface area (Å²) in [5.74, 6) is 0. The van der Waals surface area contributed by atoms with Crippen LogP contribution >= 0.6 is 12.4 Å². The van der Waals surface area contributed by atoms with E-state index in [0.717, 1.165) is 13.1 Å². The van der Waals surface area contributed by atoms with Crippen molar-refractivity contribution in [2.75, 3.05) is 26.7 Å². The molecule has 108 valence electrons. The molecule has 1 aromatic rings. The summed E-state index contributed by atoms with van der Waals surface area (Å²) in [5, 5.41) is 3.47. The first kappa shape index (κ1) is 16.5. The summed E-state index contributed by atoms with van der Waals surface area (Å²) in [6, 6.07) is 6.85. The lowest BCUT2D eigenvalue weighted by Gasteiger charge is -2.29. The maximum Gasteiger partial charge on any atom is 0.0231 e. The summed E-state index contributed by atoms with van der Waals surface area (Å²) < 4.78 is 0. The molecule has 0 aromatic heterocycles. The van der Waals surface area contributed by atoms with E-state index in [9.17, 15) is 0 Å². The minimum Gasteiger partial charge on any atom is -0.316 e. The van der Waals surface area contributed by atoms with Crippen molar-refractivity contribution in [3.63, 3.8) is 0 Å². The Hall–Kier alpha value is -0.570. The molecule has 1 unspecified atom stereocenters. The summed E-state index contributed by atoms with van der Waals surface area (Å²) in [6.45, 7) is 11.3. The third-order valence-electron chi connectivity index (χ3n) is 3.84. The normalized spacial score (nSPS) is 22.6. The van der Waals surface area contributed by atoms with E-state index in [-0.39, 0.29) is 12.4 Å². The summed E-state index contributed by atoms with van der Waals surface area (Å²) in [4.78, 5) is 2.46. The molecule has 1 N–H and O–H groups in total. The molecular weight excluding hydrogens is 256 g/mol. The molecular formula is C16H27ClN2. The second-order valence-corrected chi connectivity index (χ2v) is 6.41. The van der Waals surface area contributed by atoms with Crippen molar-refractivity contribution in [2.24, 2.45) is 5.41 Å². The molecule has 1 aliphatic rings. The number of hydrogen-bond donors (Lipinski definition) is 1. The molecule has 0 saturated carbocycles. The van der Waals surface area contributed by atoms with Crippen LogP contribution in [0, 0.1) is 19.3 Å². The molecule has 0 radical (unpaired) electrons. The topological polar surface area (TPSA) is 15.3 Å². The van der Waals surface area contributed by atoms with Crippen LogP contribution in [-0.2, 0) is 6.54 Å². The highest BCUT2D eigenvalue weighted by Crippen LogP contribution is 2.25. The number of hydrogen-bond acceptors (Lipinski definition) is 2. The van der Waals surface area contributed by atoms with Crippen LogP contribution in [0.25, 0.3) is 0 Å². The van der Waals surface area contributed by atoms with Crippen LogP contribution in [0.1, 0.15) is 30.0 Å². The molecule has 1 heterocycles. The molecule has 1 saturated heterocycles. The Balaban J connectivity index is 0.00000180. The number of halogens is 1. The predicted molar refractivity (Wildman–Crippen MR) is 85.1 cm³/mol. The molecule has 1 aromatic carbocycles. The van der Waals surface area contributed by atoms with E-state index in [1.165, 1.54) is 36.2 Å². The Morgan fingerprint density at radius 2 is 1.84 bits per heavy atom. The molecule has 0 bridgehead atoms. The van der Waals surface area contributed by atoms with E-state index < -0.39 is 0 Å². The van der Waals surface area contributed by atoms with Crippen molar-refractivity contribution in [1.29, 1.82) is 0 Å². The number of aryl methyl sites for hydroxylation is 2. The molecule has 1 atom stereocenters. The number of rotatable bonds is 4. The van der Waals surface area contributed by atoms with Gasteiger partial charge in [0.2, 0.25) is 0 Å². The molecule has 0 spiro atoms. The number of benzene rings is 1. The van der Waals surface area contributed by atoms with Gasteiger partial charge in [-0.05, 0) is 44.8 Å². The fourth-order valence-electron chi connectivity index (χ4n) is 3.18. The van der Waals surface area contributed by atoms with E-state index in [2.05, 4.69) is 56.2 Å². The Labute approximate surface area is 124 Å². The first-order chi connectivity index (χ1) is 8.47. The first-order valence-electron chi connectivity index (χ1n) is 6.93. The van der Waals surface area contributed by atoms with E-state index >= 15 is 0 Å². The highest BCUT2D eigenvalue weighted by molar-refractivity contribution is 5.85. The summed E-state index contributed by atoms with van der Waals surface area (Å²) >= 11 is 0. The third kappa shape index (κ3) is 4.79. The minimum absolute atomic E-state index is 0. The van der Waals surface area contributed by atoms with Gasteiger partial charge >= 0.3 is 0 Å². The van der Waals surface area contributed by atoms with Crippen molar-refractivity contribution in [1.82, 2.24) is 10.2 Å². The lowest BCUT2D eigenvalue weighted by Crippen LogP contribution is -2.34. The SMILES string of the molecule is Cc1cc(C)cc(CN(C)CC2(C)CCNC2)c1.Cl. The maximum atomic E-state index is 3.47. The van der Waals surface area contributed by atoms with E-state index in [1.54, 1.807) is 0 Å². The van der Waals surface area contributed by atoms with Crippen molar-refractivity contribution in [2.45, 2.75) is 33.7 Å². The second kappa shape index (κ2) is 6.74. The average Bonchev–Trinajstić information content (AvgIpc) is 2.62. The molecule has 1 fully saturated rings. The van der Waals surface area contributed by atoms with E-state index in [1.807, 2.05) is 0 Å². The van der Waals surface area contributed by atoms with Gasteiger partial charge in [0.1, 0.15) is 0 Å². The van der Waals surface area contributed by atoms with Crippen molar-refractivity contribution >= 4 is 12.4 Å². The quantitative estimate of drug-likeness (QED) is 0.913. The first-order valence-corrected chi connectivity index (χ1v) is 6.93. The lowest BCUT2D eigenvalue weighted by atomic mass is 9.89. The van der Waals surface area contributed by atoms with Gasteiger partial charge in [0.15, 0.2) is 0 Å². The van der Waals surface area contributed by atoms with Gasteiger partial charge in [-0.15, -0.1) is 12.4 Å². The minimum atomic E-state index is 0. The molecule has 2 nitrogen and oxygen atoms in total. The Kier molecular flexibility index (Phi) is 5.84. The van der Waals surface area contributed by atoms with Gasteiger partial charge in [0, 0.05) is 19.6 Å². The van der Waals surface area contributed by atoms with Crippen LogP contribution in [-0.4, -0.2) is 31.6 Å². The second-order valence-electron chi connectivity index (χ2n) is 6.41. The van der Waals surface area contributed by atoms with Gasteiger partial charge in [-0.25, -0.2) is 0 Å². The van der Waals surface area contributed by atoms with Crippen LogP contribution in [0.3, 0.4) is 0 Å². The molecule has 0 aliphatic carbocycles. The van der Waals surface area contributed by atoms with Crippen LogP contribution in [0.4, 0.5) is 0 Å². The monoisotopic (exact) mass is 282 g/mol. The fourth-order valence-corrected chi connectivity index (χ4v) is 3.18. The van der Waals surface area contributed by atoms with Gasteiger partial charge < -0.3 is 10.2 Å². The van der Waals surface area contributed by atoms with Crippen molar-refractivity contribution < 1.29 is 0 Å². The Morgan fingerprint density at radius 1 is 1.21 bits per heavy atom. The molecule has 0 amide bonds. The molecule has 3 heteroatoms. The van der Waals surface area contributed by atoms with Gasteiger partial charge in [-0.3, -0.25) is 0 Å². The Bertz CT molecular complexity index is 391. The highest BCUT2D eigenvalue weighted by atomic mass is 35.5. The van der Waals surface area contributed by atoms with Gasteiger partial charge in [0.25, 0.3) is 0 Å². The largest absolute Gasteiger partial charge is 0.316 e. The van der Waals surface area contributed by atoms with Crippen LogP contribution < -0.4 is 5.32 Å². The zero-order valence-electron chi connectivity index (χ0n) is 12.6. The third-order valence-corrected chi connectivity index (χ3v) is 3.84. The number of nitrogens with one attached hydrogen (secondary N) is 1. The summed E-state index contributed by atoms with van der Waals surface area (Å²) in [7, 11) is 2.24. The van der Waals surface area contributed by atoms with Gasteiger partial charge in [-0.1, -0.05) is 36.2 Å². The van der Waals surface area contributed by atoms with Crippen molar-refractivity contribution in [3.05, 3.63) is 34.9 Å². The van der Waals surface area contributed by atoms with Crippen LogP contribution in [0.15, 0.2) is 18.2 Å². The molecule has 2 rings (SSSR count). The van der Waals surface area contributed by atoms with Crippen LogP contribution in [0.2, 0.25) is 0 Å². The van der Waals surface area contributed by atoms with E-state index in [4.69, 9.17) is 0 Å². The summed E-state index contributed by atoms with van der Waals surface area (Å²) in [5.41, 5.74) is 4.62. The molecule has 19 heavy (non-hydrogen) atoms. The lowest BCUT2D eigenvalue weighted by molar-refractivity contribution is 0.203. The van der Waals surface area contributed by atoms with Gasteiger partial charge in [-0.2, -0.15) is 0 Å². The maximum absolute atomic E-state index is 3.47. The standard InChI is InChI=1S/C16H26N2.ClH/c1-13-7-14(2)9-15(8-13)10-18(4)12-16(3)5-6-17-11-16;/h7-9,17H,5-6,10-12H2,1-4H3;1H. The zero-order chi connectivity index (χ0) is 13.2. The van der Waals surface area contributed by atoms with Gasteiger partial charge in [0.05, 0.1) is 0 Å². The smallest absolute Gasteiger partial charge is 0.0231 e. The van der Waals surface area contributed by atoms with E-state index in [0.29, 0.717) is 5.41 Å². The Morgan fingerprint density at radius 3 is 2.37 bits per heavy atom. The fraction of sp³-hybridized carbons (Fsp3) is 0.625. The summed E-state index contributed by atoms with van der Waals surface area (Å²) in [6.07, 6.45) is 1.30. The highest BCUT2D eigenvalue weighted by Gasteiger charge is 2.29. The van der Waals surface area contributed by atoms with Crippen LogP contribution in [0.5, 0.6) is 0 Å². The molecule has 1 aliphatic heterocycles.